The Kier molecular flexibility index (Phi) is 8.79. The van der Waals surface area contributed by atoms with Crippen LogP contribution in [0.2, 0.25) is 0 Å². The van der Waals surface area contributed by atoms with E-state index >= 15 is 0 Å². The summed E-state index contributed by atoms with van der Waals surface area (Å²) >= 11 is 0. The molecule has 0 heterocycles. The Morgan fingerprint density at radius 3 is 1.68 bits per heavy atom. The van der Waals surface area contributed by atoms with Gasteiger partial charge in [-0.15, -0.1) is 0 Å². The number of benzene rings is 2. The topological polar surface area (TPSA) is 114 Å². The summed E-state index contributed by atoms with van der Waals surface area (Å²) in [6.07, 6.45) is 2.00. The number of rotatable bonds is 8. The maximum atomic E-state index is 12.5. The van der Waals surface area contributed by atoms with Crippen LogP contribution in [-0.4, -0.2) is 30.9 Å². The molecule has 9 heteroatoms. The van der Waals surface area contributed by atoms with Crippen LogP contribution < -0.4 is 14.2 Å². The zero-order valence-corrected chi connectivity index (χ0v) is 18.3. The number of carbonyl (C=O) groups is 4. The van der Waals surface area contributed by atoms with E-state index in [9.17, 15) is 19.2 Å². The first kappa shape index (κ1) is 24.5. The molecule has 0 bridgehead atoms. The number of hydrogen-bond acceptors (Lipinski definition) is 9. The highest BCUT2D eigenvalue weighted by atomic mass is 16.8. The Balaban J connectivity index is 1.40. The fourth-order valence-electron chi connectivity index (χ4n) is 3.35. The first-order valence-corrected chi connectivity index (χ1v) is 10.7. The molecule has 1 aliphatic carbocycles. The fourth-order valence-corrected chi connectivity index (χ4v) is 3.35. The van der Waals surface area contributed by atoms with Gasteiger partial charge in [0, 0.05) is 6.08 Å². The quantitative estimate of drug-likeness (QED) is 0.185. The number of ether oxygens (including phenoxy) is 5. The minimum atomic E-state index is -1.07. The predicted octanol–water partition coefficient (Wildman–Crippen LogP) is 4.21. The third-order valence-corrected chi connectivity index (χ3v) is 5.14. The molecule has 0 radical (unpaired) electrons. The summed E-state index contributed by atoms with van der Waals surface area (Å²) in [4.78, 5) is 47.3. The molecule has 0 aromatic heterocycles. The average Bonchev–Trinajstić information content (AvgIpc) is 2.85. The molecule has 9 nitrogen and oxygen atoms in total. The Morgan fingerprint density at radius 1 is 0.706 bits per heavy atom. The smallest absolute Gasteiger partial charge is 0.426 e. The minimum absolute atomic E-state index is 0.150. The monoisotopic (exact) mass is 468 g/mol. The van der Waals surface area contributed by atoms with Crippen molar-refractivity contribution in [3.05, 3.63) is 67.3 Å². The molecular formula is C25H24O9. The zero-order chi connectivity index (χ0) is 24.3. The van der Waals surface area contributed by atoms with Gasteiger partial charge in [-0.1, -0.05) is 24.8 Å². The molecule has 0 amide bonds. The van der Waals surface area contributed by atoms with Gasteiger partial charge in [0.15, 0.2) is 0 Å². The van der Waals surface area contributed by atoms with Crippen LogP contribution in [0.25, 0.3) is 0 Å². The van der Waals surface area contributed by atoms with E-state index < -0.39 is 18.9 Å². The highest BCUT2D eigenvalue weighted by Gasteiger charge is 2.32. The van der Waals surface area contributed by atoms with Gasteiger partial charge in [-0.25, -0.2) is 9.59 Å². The van der Waals surface area contributed by atoms with Gasteiger partial charge in [0.25, 0.3) is 0 Å². The maximum Gasteiger partial charge on any atom is 0.516 e. The molecule has 0 atom stereocenters. The summed E-state index contributed by atoms with van der Waals surface area (Å²) in [5.41, 5.74) is 0. The lowest BCUT2D eigenvalue weighted by Gasteiger charge is -2.25. The summed E-state index contributed by atoms with van der Waals surface area (Å²) in [5, 5.41) is 0. The lowest BCUT2D eigenvalue weighted by Crippen LogP contribution is -2.30. The maximum absolute atomic E-state index is 12.5. The second-order valence-electron chi connectivity index (χ2n) is 7.46. The highest BCUT2D eigenvalue weighted by molar-refractivity contribution is 5.81. The predicted molar refractivity (Wildman–Crippen MR) is 118 cm³/mol. The molecule has 0 aliphatic heterocycles. The summed E-state index contributed by atoms with van der Waals surface area (Å²) < 4.78 is 24.8. The van der Waals surface area contributed by atoms with Gasteiger partial charge >= 0.3 is 24.1 Å². The van der Waals surface area contributed by atoms with Crippen molar-refractivity contribution >= 4 is 24.1 Å². The van der Waals surface area contributed by atoms with E-state index in [1.807, 2.05) is 6.07 Å². The minimum Gasteiger partial charge on any atom is -0.426 e. The highest BCUT2D eigenvalue weighted by Crippen LogP contribution is 2.31. The van der Waals surface area contributed by atoms with Gasteiger partial charge < -0.3 is 23.7 Å². The van der Waals surface area contributed by atoms with E-state index in [0.29, 0.717) is 31.4 Å². The fraction of sp³-hybridized carbons (Fsp3) is 0.280. The van der Waals surface area contributed by atoms with Crippen LogP contribution >= 0.6 is 0 Å². The molecule has 0 saturated heterocycles. The van der Waals surface area contributed by atoms with Crippen LogP contribution in [0.4, 0.5) is 4.79 Å². The van der Waals surface area contributed by atoms with Gasteiger partial charge in [0.2, 0.25) is 6.79 Å². The summed E-state index contributed by atoms with van der Waals surface area (Å²) in [6, 6.07) is 14.7. The standard InChI is InChI=1S/C25H24O9/c1-2-22(26)30-16-31-25(29)34-21-14-12-20(13-15-21)33-24(28)18-10-8-17(9-11-18)23(27)32-19-6-4-3-5-7-19/h2-7,12-15,17-18H,1,8-11,16H2/t17-,18-. The van der Waals surface area contributed by atoms with Gasteiger partial charge in [0.05, 0.1) is 11.8 Å². The van der Waals surface area contributed by atoms with Crippen molar-refractivity contribution in [3.8, 4) is 17.2 Å². The van der Waals surface area contributed by atoms with Gasteiger partial charge in [-0.2, -0.15) is 0 Å². The largest absolute Gasteiger partial charge is 0.516 e. The molecule has 1 fully saturated rings. The Morgan fingerprint density at radius 2 is 1.18 bits per heavy atom. The van der Waals surface area contributed by atoms with Crippen molar-refractivity contribution in [2.45, 2.75) is 25.7 Å². The van der Waals surface area contributed by atoms with Crippen molar-refractivity contribution in [1.29, 1.82) is 0 Å². The van der Waals surface area contributed by atoms with Crippen molar-refractivity contribution < 1.29 is 42.9 Å². The summed E-state index contributed by atoms with van der Waals surface area (Å²) in [5.74, 6) is -1.03. The lowest BCUT2D eigenvalue weighted by atomic mass is 9.82. The van der Waals surface area contributed by atoms with E-state index in [1.54, 1.807) is 24.3 Å². The second-order valence-corrected chi connectivity index (χ2v) is 7.46. The summed E-state index contributed by atoms with van der Waals surface area (Å²) in [7, 11) is 0. The van der Waals surface area contributed by atoms with Crippen LogP contribution in [-0.2, 0) is 23.9 Å². The van der Waals surface area contributed by atoms with E-state index in [1.165, 1.54) is 24.3 Å². The molecule has 2 aromatic rings. The molecule has 3 rings (SSSR count). The van der Waals surface area contributed by atoms with Crippen LogP contribution in [0.5, 0.6) is 17.2 Å². The number of para-hydroxylation sites is 1. The van der Waals surface area contributed by atoms with Crippen molar-refractivity contribution in [2.24, 2.45) is 11.8 Å². The third kappa shape index (κ3) is 7.47. The van der Waals surface area contributed by atoms with Crippen molar-refractivity contribution in [3.63, 3.8) is 0 Å². The summed E-state index contributed by atoms with van der Waals surface area (Å²) in [6.45, 7) is 2.60. The van der Waals surface area contributed by atoms with E-state index in [-0.39, 0.29) is 35.3 Å². The average molecular weight is 468 g/mol. The molecule has 0 unspecified atom stereocenters. The molecular weight excluding hydrogens is 444 g/mol. The third-order valence-electron chi connectivity index (χ3n) is 5.14. The van der Waals surface area contributed by atoms with Gasteiger partial charge in [-0.05, 0) is 62.1 Å². The van der Waals surface area contributed by atoms with Crippen LogP contribution in [0, 0.1) is 11.8 Å². The molecule has 34 heavy (non-hydrogen) atoms. The first-order chi connectivity index (χ1) is 16.4. The van der Waals surface area contributed by atoms with Gasteiger partial charge in [-0.3, -0.25) is 9.59 Å². The Bertz CT molecular complexity index is 1010. The molecule has 178 valence electrons. The Labute approximate surface area is 196 Å². The molecule has 1 saturated carbocycles. The van der Waals surface area contributed by atoms with Crippen LogP contribution in [0.15, 0.2) is 67.3 Å². The van der Waals surface area contributed by atoms with Gasteiger partial charge in [0.1, 0.15) is 17.2 Å². The molecule has 0 N–H and O–H groups in total. The number of carbonyl (C=O) groups excluding carboxylic acids is 4. The van der Waals surface area contributed by atoms with Crippen LogP contribution in [0.1, 0.15) is 25.7 Å². The Hall–Kier alpha value is -4.14. The zero-order valence-electron chi connectivity index (χ0n) is 18.3. The molecule has 0 spiro atoms. The lowest BCUT2D eigenvalue weighted by molar-refractivity contribution is -0.146. The van der Waals surface area contributed by atoms with E-state index in [0.717, 1.165) is 6.08 Å². The van der Waals surface area contributed by atoms with E-state index in [2.05, 4.69) is 16.1 Å². The number of esters is 3. The van der Waals surface area contributed by atoms with Crippen molar-refractivity contribution in [2.75, 3.05) is 6.79 Å². The van der Waals surface area contributed by atoms with Crippen LogP contribution in [0.3, 0.4) is 0 Å². The first-order valence-electron chi connectivity index (χ1n) is 10.7. The SMILES string of the molecule is C=CC(=O)OCOC(=O)Oc1ccc(OC(=O)[C@H]2CC[C@H](C(=O)Oc3ccccc3)CC2)cc1. The molecule has 2 aromatic carbocycles. The second kappa shape index (κ2) is 12.2. The normalized spacial score (nSPS) is 17.1. The molecule has 1 aliphatic rings. The van der Waals surface area contributed by atoms with E-state index in [4.69, 9.17) is 14.2 Å². The number of hydrogen-bond donors (Lipinski definition) is 0. The van der Waals surface area contributed by atoms with Crippen molar-refractivity contribution in [1.82, 2.24) is 0 Å².